The fourth-order valence-electron chi connectivity index (χ4n) is 3.75. The van der Waals surface area contributed by atoms with Crippen LogP contribution in [0.2, 0.25) is 5.02 Å². The number of halogens is 4. The van der Waals surface area contributed by atoms with Crippen molar-refractivity contribution >= 4 is 34.7 Å². The Morgan fingerprint density at radius 1 is 1.28 bits per heavy atom. The van der Waals surface area contributed by atoms with E-state index < -0.39 is 17.8 Å². The van der Waals surface area contributed by atoms with E-state index in [2.05, 4.69) is 10.6 Å². The summed E-state index contributed by atoms with van der Waals surface area (Å²) in [6.07, 6.45) is -0.147. The zero-order valence-electron chi connectivity index (χ0n) is 15.5. The van der Waals surface area contributed by atoms with Gasteiger partial charge in [0.05, 0.1) is 29.0 Å². The first-order chi connectivity index (χ1) is 13.8. The minimum atomic E-state index is -2.66. The molecule has 0 saturated carbocycles. The van der Waals surface area contributed by atoms with Gasteiger partial charge in [0.2, 0.25) is 0 Å². The molecule has 2 aliphatic heterocycles. The number of hydrogen-bond donors (Lipinski definition) is 2. The molecule has 2 aromatic carbocycles. The van der Waals surface area contributed by atoms with Crippen LogP contribution >= 0.6 is 11.6 Å². The van der Waals surface area contributed by atoms with E-state index in [9.17, 15) is 18.0 Å². The number of carbonyl (C=O) groups excluding carboxylic acids is 1. The van der Waals surface area contributed by atoms with Gasteiger partial charge in [-0.3, -0.25) is 9.80 Å². The maximum absolute atomic E-state index is 13.5. The smallest absolute Gasteiger partial charge is 0.326 e. The Morgan fingerprint density at radius 2 is 2.07 bits per heavy atom. The van der Waals surface area contributed by atoms with E-state index in [1.165, 1.54) is 18.2 Å². The molecule has 2 heterocycles. The normalized spacial score (nSPS) is 20.8. The van der Waals surface area contributed by atoms with Crippen molar-refractivity contribution in [2.45, 2.75) is 18.4 Å². The number of nitrogens with zero attached hydrogens (tertiary/aromatic N) is 2. The molecule has 154 valence electrons. The van der Waals surface area contributed by atoms with Crippen molar-refractivity contribution in [3.05, 3.63) is 53.3 Å². The number of alkyl halides is 2. The van der Waals surface area contributed by atoms with Gasteiger partial charge in [0.15, 0.2) is 0 Å². The molecule has 2 amide bonds. The molecule has 1 atom stereocenters. The maximum Gasteiger partial charge on any atom is 0.326 e. The fourth-order valence-corrected chi connectivity index (χ4v) is 3.93. The molecule has 4 rings (SSSR count). The quantitative estimate of drug-likeness (QED) is 0.753. The van der Waals surface area contributed by atoms with Crippen molar-refractivity contribution in [3.8, 4) is 0 Å². The highest BCUT2D eigenvalue weighted by Gasteiger charge is 2.39. The second-order valence-corrected chi connectivity index (χ2v) is 7.78. The zero-order chi connectivity index (χ0) is 20.6. The second-order valence-electron chi connectivity index (χ2n) is 7.37. The average molecular weight is 425 g/mol. The number of nitrogens with one attached hydrogen (secondary N) is 2. The summed E-state index contributed by atoms with van der Waals surface area (Å²) in [6.45, 7) is 0.760. The molecule has 0 aliphatic carbocycles. The van der Waals surface area contributed by atoms with Crippen LogP contribution in [0.15, 0.2) is 42.5 Å². The summed E-state index contributed by atoms with van der Waals surface area (Å²) in [5, 5.41) is 5.97. The lowest BCUT2D eigenvalue weighted by molar-refractivity contribution is 0.0120. The van der Waals surface area contributed by atoms with Crippen LogP contribution in [0, 0.1) is 5.82 Å². The van der Waals surface area contributed by atoms with Crippen molar-refractivity contribution in [1.82, 2.24) is 4.90 Å². The second kappa shape index (κ2) is 7.76. The third-order valence-electron chi connectivity index (χ3n) is 5.10. The molecule has 0 bridgehead atoms. The predicted molar refractivity (Wildman–Crippen MR) is 108 cm³/mol. The van der Waals surface area contributed by atoms with Gasteiger partial charge in [0, 0.05) is 31.7 Å². The highest BCUT2D eigenvalue weighted by Crippen LogP contribution is 2.33. The summed E-state index contributed by atoms with van der Waals surface area (Å²) in [6, 6.07) is 10.6. The maximum atomic E-state index is 13.5. The van der Waals surface area contributed by atoms with Crippen LogP contribution in [0.25, 0.3) is 0 Å². The Kier molecular flexibility index (Phi) is 5.31. The topological polar surface area (TPSA) is 47.6 Å². The van der Waals surface area contributed by atoms with Crippen molar-refractivity contribution in [2.75, 3.05) is 41.7 Å². The van der Waals surface area contributed by atoms with Crippen LogP contribution < -0.4 is 15.5 Å². The molecular formula is C20H20ClF3N4O. The number of likely N-dealkylation sites (tertiary alicyclic amines) is 1. The monoisotopic (exact) mass is 424 g/mol. The number of anilines is 3. The zero-order valence-corrected chi connectivity index (χ0v) is 16.2. The molecule has 9 heteroatoms. The van der Waals surface area contributed by atoms with E-state index in [1.54, 1.807) is 15.9 Å². The summed E-state index contributed by atoms with van der Waals surface area (Å²) in [5.74, 6) is -3.23. The summed E-state index contributed by atoms with van der Waals surface area (Å²) in [4.78, 5) is 16.2. The van der Waals surface area contributed by atoms with E-state index >= 15 is 0 Å². The molecular weight excluding hydrogens is 405 g/mol. The predicted octanol–water partition coefficient (Wildman–Crippen LogP) is 4.65. The number of para-hydroxylation sites is 2. The minimum absolute atomic E-state index is 0.0867. The van der Waals surface area contributed by atoms with E-state index in [1.807, 2.05) is 18.2 Å². The van der Waals surface area contributed by atoms with Gasteiger partial charge in [0.25, 0.3) is 5.92 Å². The van der Waals surface area contributed by atoms with Crippen LogP contribution in [-0.2, 0) is 0 Å². The van der Waals surface area contributed by atoms with Gasteiger partial charge in [-0.2, -0.15) is 0 Å². The van der Waals surface area contributed by atoms with Crippen LogP contribution in [0.3, 0.4) is 0 Å². The Balaban J connectivity index is 1.51. The van der Waals surface area contributed by atoms with Crippen LogP contribution in [0.5, 0.6) is 0 Å². The largest absolute Gasteiger partial charge is 0.378 e. The number of hydrogen-bond acceptors (Lipinski definition) is 3. The Labute approximate surface area is 171 Å². The third-order valence-corrected chi connectivity index (χ3v) is 5.39. The van der Waals surface area contributed by atoms with Crippen LogP contribution in [0.4, 0.5) is 35.0 Å². The number of carbonyl (C=O) groups is 1. The van der Waals surface area contributed by atoms with Gasteiger partial charge in [-0.1, -0.05) is 23.7 Å². The summed E-state index contributed by atoms with van der Waals surface area (Å²) in [5.41, 5.74) is 1.80. The summed E-state index contributed by atoms with van der Waals surface area (Å²) < 4.78 is 40.4. The minimum Gasteiger partial charge on any atom is -0.378 e. The lowest BCUT2D eigenvalue weighted by Gasteiger charge is -2.37. The highest BCUT2D eigenvalue weighted by atomic mass is 35.5. The molecule has 5 nitrogen and oxygen atoms in total. The van der Waals surface area contributed by atoms with Crippen LogP contribution in [-0.4, -0.2) is 49.1 Å². The lowest BCUT2D eigenvalue weighted by Crippen LogP contribution is -2.50. The first-order valence-electron chi connectivity index (χ1n) is 9.30. The first-order valence-corrected chi connectivity index (χ1v) is 9.68. The highest BCUT2D eigenvalue weighted by molar-refractivity contribution is 6.31. The number of rotatable bonds is 3. The Bertz CT molecular complexity index is 926. The first kappa shape index (κ1) is 19.8. The van der Waals surface area contributed by atoms with Gasteiger partial charge in [0.1, 0.15) is 5.82 Å². The Hall–Kier alpha value is -2.45. The van der Waals surface area contributed by atoms with Gasteiger partial charge < -0.3 is 10.6 Å². The van der Waals surface area contributed by atoms with Crippen molar-refractivity contribution in [1.29, 1.82) is 0 Å². The molecule has 1 unspecified atom stereocenters. The molecule has 0 spiro atoms. The third kappa shape index (κ3) is 4.43. The number of fused-ring (bicyclic) bond motifs is 1. The van der Waals surface area contributed by atoms with Gasteiger partial charge >= 0.3 is 6.03 Å². The van der Waals surface area contributed by atoms with Crippen molar-refractivity contribution < 1.29 is 18.0 Å². The van der Waals surface area contributed by atoms with Gasteiger partial charge in [-0.25, -0.2) is 18.0 Å². The molecule has 0 aromatic heterocycles. The Morgan fingerprint density at radius 3 is 2.79 bits per heavy atom. The molecule has 2 aliphatic rings. The lowest BCUT2D eigenvalue weighted by atomic mass is 10.1. The van der Waals surface area contributed by atoms with Crippen molar-refractivity contribution in [2.24, 2.45) is 0 Å². The molecule has 1 saturated heterocycles. The van der Waals surface area contributed by atoms with Gasteiger partial charge in [-0.05, 0) is 30.3 Å². The number of urea groups is 1. The SMILES string of the molecule is O=C(Nc1ccc(F)c(Cl)c1)N1CC(CN2CCC(F)(F)C2)Nc2ccccc21. The summed E-state index contributed by atoms with van der Waals surface area (Å²) >= 11 is 5.79. The molecule has 29 heavy (non-hydrogen) atoms. The number of amides is 2. The van der Waals surface area contributed by atoms with E-state index in [-0.39, 0.29) is 24.0 Å². The molecule has 2 N–H and O–H groups in total. The fraction of sp³-hybridized carbons (Fsp3) is 0.350. The molecule has 0 radical (unpaired) electrons. The summed E-state index contributed by atoms with van der Waals surface area (Å²) in [7, 11) is 0. The average Bonchev–Trinajstić information content (AvgIpc) is 3.02. The van der Waals surface area contributed by atoms with E-state index in [0.29, 0.717) is 31.0 Å². The van der Waals surface area contributed by atoms with E-state index in [0.717, 1.165) is 5.69 Å². The van der Waals surface area contributed by atoms with E-state index in [4.69, 9.17) is 11.6 Å². The molecule has 1 fully saturated rings. The standard InChI is InChI=1S/C20H20ClF3N4O/c21-15-9-13(5-6-16(15)22)26-19(29)28-11-14(10-27-8-7-20(23,24)12-27)25-17-3-1-2-4-18(17)28/h1-6,9,14,25H,7-8,10-12H2,(H,26,29). The van der Waals surface area contributed by atoms with Crippen LogP contribution in [0.1, 0.15) is 6.42 Å². The van der Waals surface area contributed by atoms with Crippen molar-refractivity contribution in [3.63, 3.8) is 0 Å². The van der Waals surface area contributed by atoms with Gasteiger partial charge in [-0.15, -0.1) is 0 Å². The number of benzene rings is 2. The molecule has 2 aromatic rings.